The Kier molecular flexibility index (Phi) is 2.08. The van der Waals surface area contributed by atoms with Crippen LogP contribution in [0.15, 0.2) is 18.2 Å². The summed E-state index contributed by atoms with van der Waals surface area (Å²) in [4.78, 5) is 0. The quantitative estimate of drug-likeness (QED) is 0.714. The molecule has 1 aromatic carbocycles. The molecule has 2 nitrogen and oxygen atoms in total. The Labute approximate surface area is 76.3 Å². The first kappa shape index (κ1) is 8.35. The van der Waals surface area contributed by atoms with Gasteiger partial charge in [-0.05, 0) is 12.8 Å². The van der Waals surface area contributed by atoms with Crippen LogP contribution >= 0.6 is 0 Å². The molecule has 1 aromatic rings. The molecule has 0 unspecified atom stereocenters. The third-order valence-corrected chi connectivity index (χ3v) is 1.91. The van der Waals surface area contributed by atoms with E-state index < -0.39 is 0 Å². The average Bonchev–Trinajstić information content (AvgIpc) is 2.87. The van der Waals surface area contributed by atoms with E-state index >= 15 is 0 Å². The van der Waals surface area contributed by atoms with Gasteiger partial charge >= 0.3 is 0 Å². The molecule has 3 heteroatoms. The zero-order valence-electron chi connectivity index (χ0n) is 7.42. The number of halogens is 1. The summed E-state index contributed by atoms with van der Waals surface area (Å²) in [6.45, 7) is 0. The fraction of sp³-hybridized carbons (Fsp3) is 0.400. The zero-order chi connectivity index (χ0) is 9.26. The fourth-order valence-electron chi connectivity index (χ4n) is 1.10. The number of hydrogen-bond donors (Lipinski definition) is 0. The van der Waals surface area contributed by atoms with Gasteiger partial charge in [-0.3, -0.25) is 0 Å². The molecule has 0 aromatic heterocycles. The lowest BCUT2D eigenvalue weighted by Crippen LogP contribution is -1.96. The highest BCUT2D eigenvalue weighted by Crippen LogP contribution is 2.29. The Morgan fingerprint density at radius 1 is 1.23 bits per heavy atom. The molecule has 0 spiro atoms. The van der Waals surface area contributed by atoms with Crippen LogP contribution in [0.1, 0.15) is 12.8 Å². The van der Waals surface area contributed by atoms with Crippen LogP contribution in [0.5, 0.6) is 11.5 Å². The van der Waals surface area contributed by atoms with Gasteiger partial charge in [-0.15, -0.1) is 0 Å². The van der Waals surface area contributed by atoms with Crippen molar-refractivity contribution in [3.05, 3.63) is 24.0 Å². The van der Waals surface area contributed by atoms with Crippen molar-refractivity contribution in [1.29, 1.82) is 0 Å². The van der Waals surface area contributed by atoms with Crippen LogP contribution in [0.25, 0.3) is 0 Å². The van der Waals surface area contributed by atoms with Crippen LogP contribution in [0.3, 0.4) is 0 Å². The van der Waals surface area contributed by atoms with E-state index in [4.69, 9.17) is 9.47 Å². The number of rotatable bonds is 3. The third-order valence-electron chi connectivity index (χ3n) is 1.91. The number of benzene rings is 1. The minimum Gasteiger partial charge on any atom is -0.497 e. The number of ether oxygens (including phenoxy) is 2. The lowest BCUT2D eigenvalue weighted by molar-refractivity contribution is 0.299. The van der Waals surface area contributed by atoms with Gasteiger partial charge < -0.3 is 9.47 Å². The van der Waals surface area contributed by atoms with Gasteiger partial charge in [0.15, 0.2) is 0 Å². The van der Waals surface area contributed by atoms with Crippen molar-refractivity contribution in [2.24, 2.45) is 0 Å². The first-order valence-electron chi connectivity index (χ1n) is 4.29. The molecule has 0 heterocycles. The highest BCUT2D eigenvalue weighted by Gasteiger charge is 2.23. The van der Waals surface area contributed by atoms with Gasteiger partial charge in [0, 0.05) is 18.2 Å². The summed E-state index contributed by atoms with van der Waals surface area (Å²) in [6, 6.07) is 4.40. The molecule has 0 amide bonds. The van der Waals surface area contributed by atoms with Crippen LogP contribution < -0.4 is 9.47 Å². The Balaban J connectivity index is 2.17. The van der Waals surface area contributed by atoms with Gasteiger partial charge in [-0.2, -0.15) is 0 Å². The molecule has 0 radical (unpaired) electrons. The van der Waals surface area contributed by atoms with Crippen molar-refractivity contribution in [3.8, 4) is 11.5 Å². The van der Waals surface area contributed by atoms with Gasteiger partial charge in [0.1, 0.15) is 17.3 Å². The van der Waals surface area contributed by atoms with E-state index in [0.717, 1.165) is 12.8 Å². The summed E-state index contributed by atoms with van der Waals surface area (Å²) in [5.41, 5.74) is 0. The molecule has 1 aliphatic rings. The van der Waals surface area contributed by atoms with E-state index in [1.54, 1.807) is 6.07 Å². The summed E-state index contributed by atoms with van der Waals surface area (Å²) < 4.78 is 23.3. The predicted octanol–water partition coefficient (Wildman–Crippen LogP) is 2.38. The van der Waals surface area contributed by atoms with E-state index in [2.05, 4.69) is 0 Å². The first-order valence-corrected chi connectivity index (χ1v) is 4.29. The topological polar surface area (TPSA) is 18.5 Å². The van der Waals surface area contributed by atoms with E-state index in [1.807, 2.05) is 0 Å². The molecule has 0 atom stereocenters. The molecule has 2 rings (SSSR count). The second kappa shape index (κ2) is 3.24. The number of methoxy groups -OCH3 is 1. The molecule has 13 heavy (non-hydrogen) atoms. The Hall–Kier alpha value is -1.25. The maximum Gasteiger partial charge on any atom is 0.130 e. The average molecular weight is 182 g/mol. The predicted molar refractivity (Wildman–Crippen MR) is 46.6 cm³/mol. The van der Waals surface area contributed by atoms with Gasteiger partial charge in [0.2, 0.25) is 0 Å². The largest absolute Gasteiger partial charge is 0.497 e. The van der Waals surface area contributed by atoms with Crippen molar-refractivity contribution in [1.82, 2.24) is 0 Å². The number of hydrogen-bond acceptors (Lipinski definition) is 2. The molecule has 0 N–H and O–H groups in total. The van der Waals surface area contributed by atoms with Crippen LogP contribution in [-0.2, 0) is 0 Å². The molecular formula is C10H11FO2. The highest BCUT2D eigenvalue weighted by atomic mass is 19.1. The Morgan fingerprint density at radius 2 is 1.92 bits per heavy atom. The maximum absolute atomic E-state index is 12.9. The van der Waals surface area contributed by atoms with Crippen molar-refractivity contribution in [2.45, 2.75) is 18.9 Å². The maximum atomic E-state index is 12.9. The molecular weight excluding hydrogens is 171 g/mol. The molecule has 70 valence electrons. The standard InChI is InChI=1S/C10H11FO2/c1-12-9-4-7(11)5-10(6-9)13-8-2-3-8/h4-6,8H,2-3H2,1H3. The first-order chi connectivity index (χ1) is 6.28. The van der Waals surface area contributed by atoms with Crippen molar-refractivity contribution < 1.29 is 13.9 Å². The summed E-state index contributed by atoms with van der Waals surface area (Å²) in [6.07, 6.45) is 2.42. The molecule has 1 fully saturated rings. The molecule has 0 bridgehead atoms. The molecule has 1 saturated carbocycles. The van der Waals surface area contributed by atoms with Crippen molar-refractivity contribution in [3.63, 3.8) is 0 Å². The molecule has 0 aliphatic heterocycles. The van der Waals surface area contributed by atoms with E-state index in [1.165, 1.54) is 19.2 Å². The minimum atomic E-state index is -0.324. The third kappa shape index (κ3) is 2.11. The Morgan fingerprint density at radius 3 is 2.54 bits per heavy atom. The highest BCUT2D eigenvalue weighted by molar-refractivity contribution is 5.34. The monoisotopic (exact) mass is 182 g/mol. The van der Waals surface area contributed by atoms with Crippen LogP contribution in [0.2, 0.25) is 0 Å². The second-order valence-corrected chi connectivity index (χ2v) is 3.14. The smallest absolute Gasteiger partial charge is 0.130 e. The van der Waals surface area contributed by atoms with Gasteiger partial charge in [-0.25, -0.2) is 4.39 Å². The van der Waals surface area contributed by atoms with Crippen LogP contribution in [0, 0.1) is 5.82 Å². The normalized spacial score (nSPS) is 15.5. The summed E-state index contributed by atoms with van der Waals surface area (Å²) in [5.74, 6) is 0.727. The van der Waals surface area contributed by atoms with Gasteiger partial charge in [0.05, 0.1) is 13.2 Å². The van der Waals surface area contributed by atoms with Crippen molar-refractivity contribution >= 4 is 0 Å². The molecule has 1 aliphatic carbocycles. The lowest BCUT2D eigenvalue weighted by atomic mass is 10.3. The fourth-order valence-corrected chi connectivity index (χ4v) is 1.10. The van der Waals surface area contributed by atoms with E-state index in [9.17, 15) is 4.39 Å². The van der Waals surface area contributed by atoms with Crippen molar-refractivity contribution in [2.75, 3.05) is 7.11 Å². The molecule has 0 saturated heterocycles. The zero-order valence-corrected chi connectivity index (χ0v) is 7.42. The summed E-state index contributed by atoms with van der Waals surface area (Å²) in [7, 11) is 1.51. The lowest BCUT2D eigenvalue weighted by Gasteiger charge is -2.06. The summed E-state index contributed by atoms with van der Waals surface area (Å²) >= 11 is 0. The Bertz CT molecular complexity index is 308. The van der Waals surface area contributed by atoms with Crippen LogP contribution in [-0.4, -0.2) is 13.2 Å². The SMILES string of the molecule is COc1cc(F)cc(OC2CC2)c1. The minimum absolute atomic E-state index is 0.284. The second-order valence-electron chi connectivity index (χ2n) is 3.14. The summed E-state index contributed by atoms with van der Waals surface area (Å²) in [5, 5.41) is 0. The van der Waals surface area contributed by atoms with Crippen LogP contribution in [0.4, 0.5) is 4.39 Å². The van der Waals surface area contributed by atoms with Gasteiger partial charge in [0.25, 0.3) is 0 Å². The van der Waals surface area contributed by atoms with E-state index in [0.29, 0.717) is 11.5 Å². The van der Waals surface area contributed by atoms with Gasteiger partial charge in [-0.1, -0.05) is 0 Å². The van der Waals surface area contributed by atoms with E-state index in [-0.39, 0.29) is 11.9 Å².